The Morgan fingerprint density at radius 1 is 1.00 bits per heavy atom. The lowest BCUT2D eigenvalue weighted by Gasteiger charge is -2.64. The van der Waals surface area contributed by atoms with Crippen LogP contribution in [0.4, 0.5) is 0 Å². The molecular formula is C13H22O. The van der Waals surface area contributed by atoms with E-state index in [1.54, 1.807) is 0 Å². The maximum Gasteiger partial charge on any atom is 0.0757 e. The second-order valence-electron chi connectivity index (χ2n) is 6.71. The van der Waals surface area contributed by atoms with Gasteiger partial charge in [-0.05, 0) is 54.8 Å². The van der Waals surface area contributed by atoms with Crippen LogP contribution in [-0.2, 0) is 0 Å². The van der Waals surface area contributed by atoms with Crippen LogP contribution in [0.2, 0.25) is 0 Å². The van der Waals surface area contributed by atoms with E-state index in [9.17, 15) is 5.11 Å². The van der Waals surface area contributed by atoms with Crippen molar-refractivity contribution in [3.05, 3.63) is 0 Å². The van der Waals surface area contributed by atoms with Gasteiger partial charge in [0, 0.05) is 0 Å². The third kappa shape index (κ3) is 0.680. The Hall–Kier alpha value is -0.0400. The van der Waals surface area contributed by atoms with Crippen LogP contribution in [0.25, 0.3) is 0 Å². The van der Waals surface area contributed by atoms with Gasteiger partial charge < -0.3 is 5.11 Å². The van der Waals surface area contributed by atoms with Gasteiger partial charge in [-0.3, -0.25) is 0 Å². The standard InChI is InChI=1S/C13H22O/c1-11(2)9-4-6-12(3)10(8-9)5-7-13(11,12)14/h9-10,14H,4-8H2,1-3H3. The predicted octanol–water partition coefficient (Wildman–Crippen LogP) is 2.97. The van der Waals surface area contributed by atoms with Crippen LogP contribution in [0.3, 0.4) is 0 Å². The minimum Gasteiger partial charge on any atom is -0.389 e. The summed E-state index contributed by atoms with van der Waals surface area (Å²) in [5.74, 6) is 1.60. The molecule has 4 atom stereocenters. The van der Waals surface area contributed by atoms with Gasteiger partial charge in [-0.2, -0.15) is 0 Å². The molecule has 4 fully saturated rings. The zero-order valence-electron chi connectivity index (χ0n) is 9.64. The molecule has 80 valence electrons. The molecule has 1 N–H and O–H groups in total. The molecule has 0 aromatic rings. The van der Waals surface area contributed by atoms with Gasteiger partial charge in [0.05, 0.1) is 5.60 Å². The third-order valence-electron chi connectivity index (χ3n) is 6.37. The molecule has 0 radical (unpaired) electrons. The highest BCUT2D eigenvalue weighted by Gasteiger charge is 2.70. The van der Waals surface area contributed by atoms with Crippen LogP contribution < -0.4 is 0 Å². The molecule has 0 saturated heterocycles. The highest BCUT2D eigenvalue weighted by Crippen LogP contribution is 2.72. The van der Waals surface area contributed by atoms with Crippen LogP contribution in [-0.4, -0.2) is 10.7 Å². The van der Waals surface area contributed by atoms with Crippen molar-refractivity contribution in [2.45, 2.75) is 58.5 Å². The molecule has 0 aromatic carbocycles. The molecule has 4 aliphatic rings. The van der Waals surface area contributed by atoms with Gasteiger partial charge in [0.25, 0.3) is 0 Å². The first-order valence-electron chi connectivity index (χ1n) is 6.14. The second kappa shape index (κ2) is 2.21. The van der Waals surface area contributed by atoms with E-state index < -0.39 is 0 Å². The largest absolute Gasteiger partial charge is 0.389 e. The van der Waals surface area contributed by atoms with Gasteiger partial charge >= 0.3 is 0 Å². The molecule has 0 spiro atoms. The van der Waals surface area contributed by atoms with Gasteiger partial charge in [-0.15, -0.1) is 0 Å². The van der Waals surface area contributed by atoms with Crippen molar-refractivity contribution >= 4 is 0 Å². The molecule has 4 saturated carbocycles. The smallest absolute Gasteiger partial charge is 0.0757 e. The van der Waals surface area contributed by atoms with E-state index in [0.29, 0.717) is 0 Å². The number of rotatable bonds is 0. The van der Waals surface area contributed by atoms with Crippen LogP contribution >= 0.6 is 0 Å². The topological polar surface area (TPSA) is 20.2 Å². The minimum atomic E-state index is -0.355. The summed E-state index contributed by atoms with van der Waals surface area (Å²) in [7, 11) is 0. The van der Waals surface area contributed by atoms with Crippen LogP contribution in [0.5, 0.6) is 0 Å². The monoisotopic (exact) mass is 194 g/mol. The molecule has 4 bridgehead atoms. The fraction of sp³-hybridized carbons (Fsp3) is 1.00. The Kier molecular flexibility index (Phi) is 1.45. The first-order valence-corrected chi connectivity index (χ1v) is 6.14. The molecule has 4 rings (SSSR count). The average Bonchev–Trinajstić information content (AvgIpc) is 2.34. The van der Waals surface area contributed by atoms with E-state index in [4.69, 9.17) is 0 Å². The predicted molar refractivity (Wildman–Crippen MR) is 56.9 cm³/mol. The third-order valence-corrected chi connectivity index (χ3v) is 6.37. The van der Waals surface area contributed by atoms with Crippen molar-refractivity contribution in [1.82, 2.24) is 0 Å². The summed E-state index contributed by atoms with van der Waals surface area (Å²) >= 11 is 0. The van der Waals surface area contributed by atoms with Crippen molar-refractivity contribution in [2.24, 2.45) is 22.7 Å². The Morgan fingerprint density at radius 3 is 2.29 bits per heavy atom. The van der Waals surface area contributed by atoms with E-state index in [1.165, 1.54) is 25.7 Å². The van der Waals surface area contributed by atoms with E-state index in [2.05, 4.69) is 20.8 Å². The van der Waals surface area contributed by atoms with Gasteiger partial charge in [-0.1, -0.05) is 20.8 Å². The number of fused-ring (bicyclic) bond motifs is 1. The zero-order chi connectivity index (χ0) is 10.2. The van der Waals surface area contributed by atoms with Crippen LogP contribution in [0.1, 0.15) is 52.9 Å². The van der Waals surface area contributed by atoms with Gasteiger partial charge in [-0.25, -0.2) is 0 Å². The molecular weight excluding hydrogens is 172 g/mol. The normalized spacial score (nSPS) is 59.1. The van der Waals surface area contributed by atoms with Crippen molar-refractivity contribution < 1.29 is 5.11 Å². The Bertz CT molecular complexity index is 283. The van der Waals surface area contributed by atoms with Crippen molar-refractivity contribution in [3.63, 3.8) is 0 Å². The van der Waals surface area contributed by atoms with Gasteiger partial charge in [0.1, 0.15) is 0 Å². The summed E-state index contributed by atoms with van der Waals surface area (Å²) < 4.78 is 0. The molecule has 1 heteroatoms. The maximum absolute atomic E-state index is 11.0. The summed E-state index contributed by atoms with van der Waals surface area (Å²) in [6, 6.07) is 0. The highest BCUT2D eigenvalue weighted by molar-refractivity contribution is 5.20. The SMILES string of the molecule is CC1(C)C2CCC3(C)C(CCC13O)C2. The number of hydrogen-bond acceptors (Lipinski definition) is 1. The molecule has 0 amide bonds. The molecule has 1 nitrogen and oxygen atoms in total. The first-order chi connectivity index (χ1) is 6.42. The molecule has 0 aliphatic heterocycles. The quantitative estimate of drug-likeness (QED) is 0.628. The van der Waals surface area contributed by atoms with Crippen LogP contribution in [0, 0.1) is 22.7 Å². The molecule has 4 unspecified atom stereocenters. The van der Waals surface area contributed by atoms with Crippen molar-refractivity contribution in [3.8, 4) is 0 Å². The minimum absolute atomic E-state index is 0.160. The van der Waals surface area contributed by atoms with Crippen molar-refractivity contribution in [1.29, 1.82) is 0 Å². The van der Waals surface area contributed by atoms with Gasteiger partial charge in [0.2, 0.25) is 0 Å². The Balaban J connectivity index is 2.17. The molecule has 4 aliphatic carbocycles. The molecule has 0 aromatic heterocycles. The summed E-state index contributed by atoms with van der Waals surface area (Å²) in [6.45, 7) is 6.95. The second-order valence-corrected chi connectivity index (χ2v) is 6.71. The summed E-state index contributed by atoms with van der Waals surface area (Å²) in [6.07, 6.45) is 6.32. The summed E-state index contributed by atoms with van der Waals surface area (Å²) in [4.78, 5) is 0. The highest BCUT2D eigenvalue weighted by atomic mass is 16.3. The summed E-state index contributed by atoms with van der Waals surface area (Å²) in [5, 5.41) is 11.0. The fourth-order valence-electron chi connectivity index (χ4n) is 5.10. The summed E-state index contributed by atoms with van der Waals surface area (Å²) in [5.41, 5.74) is 0.0457. The average molecular weight is 194 g/mol. The van der Waals surface area contributed by atoms with Crippen LogP contribution in [0.15, 0.2) is 0 Å². The number of hydrogen-bond donors (Lipinski definition) is 1. The lowest BCUT2D eigenvalue weighted by Crippen LogP contribution is -2.64. The first kappa shape index (κ1) is 9.21. The van der Waals surface area contributed by atoms with E-state index >= 15 is 0 Å². The lowest BCUT2D eigenvalue weighted by atomic mass is 9.43. The van der Waals surface area contributed by atoms with E-state index in [1.807, 2.05) is 0 Å². The number of aliphatic hydroxyl groups is 1. The van der Waals surface area contributed by atoms with E-state index in [0.717, 1.165) is 18.3 Å². The maximum atomic E-state index is 11.0. The Morgan fingerprint density at radius 2 is 1.64 bits per heavy atom. The molecule has 0 heterocycles. The zero-order valence-corrected chi connectivity index (χ0v) is 9.64. The molecule has 14 heavy (non-hydrogen) atoms. The lowest BCUT2D eigenvalue weighted by molar-refractivity contribution is -0.231. The van der Waals surface area contributed by atoms with Crippen molar-refractivity contribution in [2.75, 3.05) is 0 Å². The fourth-order valence-corrected chi connectivity index (χ4v) is 5.10. The van der Waals surface area contributed by atoms with E-state index in [-0.39, 0.29) is 16.4 Å². The Labute approximate surface area is 86.9 Å². The van der Waals surface area contributed by atoms with Gasteiger partial charge in [0.15, 0.2) is 0 Å².